The quantitative estimate of drug-likeness (QED) is 0.752. The highest BCUT2D eigenvalue weighted by Gasteiger charge is 2.73. The summed E-state index contributed by atoms with van der Waals surface area (Å²) in [5.41, 5.74) is 3.21. The molecule has 2 aliphatic carbocycles. The van der Waals surface area contributed by atoms with Crippen LogP contribution in [0.2, 0.25) is 0 Å². The minimum Gasteiger partial charge on any atom is -0.325 e. The zero-order valence-corrected chi connectivity index (χ0v) is 15.8. The zero-order chi connectivity index (χ0) is 18.9. The maximum atomic E-state index is 13.7. The zero-order valence-electron chi connectivity index (χ0n) is 15.8. The molecular weight excluding hydrogens is 336 g/mol. The van der Waals surface area contributed by atoms with Crippen molar-refractivity contribution in [2.24, 2.45) is 5.41 Å². The van der Waals surface area contributed by atoms with Gasteiger partial charge in [0.25, 0.3) is 0 Å². The molecular formula is C22H22N4O. The molecule has 2 aromatic heterocycles. The molecule has 5 nitrogen and oxygen atoms in total. The number of carbonyl (C=O) groups excluding carboxylic acids is 1. The lowest BCUT2D eigenvalue weighted by atomic mass is 9.63. The first kappa shape index (κ1) is 16.4. The van der Waals surface area contributed by atoms with E-state index < -0.39 is 5.41 Å². The number of amides is 1. The molecule has 0 aliphatic heterocycles. The van der Waals surface area contributed by atoms with Crippen molar-refractivity contribution >= 4 is 22.6 Å². The topological polar surface area (TPSA) is 67.8 Å². The average Bonchev–Trinajstić information content (AvgIpc) is 2.97. The first-order valence-corrected chi connectivity index (χ1v) is 9.39. The first-order chi connectivity index (χ1) is 12.9. The van der Waals surface area contributed by atoms with Crippen LogP contribution in [0.3, 0.4) is 0 Å². The third-order valence-corrected chi connectivity index (χ3v) is 7.27. The number of carbonyl (C=O) groups is 1. The Morgan fingerprint density at radius 2 is 1.56 bits per heavy atom. The standard InChI is InChI=1S/C22H22N4O/c1-20(2)21(3)10-11-22(20,19(27)24-14-8-12-23-13-9-14)18-17(21)25-15-6-4-5-7-16(15)26-18/h4-9,12-13H,10-11H2,1-3H3,(H,23,24,27)/t21-,22+/m0/s1. The molecule has 0 saturated heterocycles. The number of para-hydroxylation sites is 2. The van der Waals surface area contributed by atoms with Crippen LogP contribution in [0.1, 0.15) is 45.0 Å². The van der Waals surface area contributed by atoms with E-state index in [4.69, 9.17) is 9.97 Å². The summed E-state index contributed by atoms with van der Waals surface area (Å²) in [6.07, 6.45) is 5.09. The largest absolute Gasteiger partial charge is 0.325 e. The van der Waals surface area contributed by atoms with Gasteiger partial charge >= 0.3 is 0 Å². The molecule has 5 heteroatoms. The summed E-state index contributed by atoms with van der Waals surface area (Å²) in [6.45, 7) is 6.63. The average molecular weight is 358 g/mol. The van der Waals surface area contributed by atoms with Gasteiger partial charge in [0.05, 0.1) is 27.8 Å². The number of hydrogen-bond donors (Lipinski definition) is 1. The van der Waals surface area contributed by atoms with Gasteiger partial charge in [0.1, 0.15) is 0 Å². The van der Waals surface area contributed by atoms with E-state index in [0.29, 0.717) is 0 Å². The number of nitrogens with one attached hydrogen (secondary N) is 1. The van der Waals surface area contributed by atoms with Gasteiger partial charge in [0.15, 0.2) is 0 Å². The highest BCUT2D eigenvalue weighted by Crippen LogP contribution is 2.70. The van der Waals surface area contributed by atoms with E-state index in [2.05, 4.69) is 31.1 Å². The van der Waals surface area contributed by atoms with E-state index in [0.717, 1.165) is 41.0 Å². The van der Waals surface area contributed by atoms with Gasteiger partial charge < -0.3 is 5.32 Å². The third-order valence-electron chi connectivity index (χ3n) is 7.27. The molecule has 1 N–H and O–H groups in total. The smallest absolute Gasteiger partial charge is 0.237 e. The second-order valence-corrected chi connectivity index (χ2v) is 8.46. The number of aromatic nitrogens is 3. The fraction of sp³-hybridized carbons (Fsp3) is 0.364. The molecule has 1 fully saturated rings. The highest BCUT2D eigenvalue weighted by atomic mass is 16.2. The fourth-order valence-electron chi connectivity index (χ4n) is 5.22. The van der Waals surface area contributed by atoms with Crippen molar-refractivity contribution in [1.29, 1.82) is 0 Å². The van der Waals surface area contributed by atoms with Crippen LogP contribution in [0.15, 0.2) is 48.8 Å². The lowest BCUT2D eigenvalue weighted by Gasteiger charge is -2.39. The maximum Gasteiger partial charge on any atom is 0.237 e. The molecule has 0 spiro atoms. The maximum absolute atomic E-state index is 13.7. The Morgan fingerprint density at radius 3 is 2.22 bits per heavy atom. The number of rotatable bonds is 2. The number of hydrogen-bond acceptors (Lipinski definition) is 4. The molecule has 1 saturated carbocycles. The Balaban J connectivity index is 1.72. The van der Waals surface area contributed by atoms with Gasteiger partial charge in [0, 0.05) is 23.5 Å². The highest BCUT2D eigenvalue weighted by molar-refractivity contribution is 6.01. The van der Waals surface area contributed by atoms with Gasteiger partial charge in [-0.05, 0) is 42.5 Å². The Morgan fingerprint density at radius 1 is 0.926 bits per heavy atom. The van der Waals surface area contributed by atoms with Crippen molar-refractivity contribution in [3.63, 3.8) is 0 Å². The fourth-order valence-corrected chi connectivity index (χ4v) is 5.22. The Bertz CT molecular complexity index is 1080. The van der Waals surface area contributed by atoms with Crippen LogP contribution in [-0.4, -0.2) is 20.9 Å². The Labute approximate surface area is 158 Å². The van der Waals surface area contributed by atoms with Gasteiger partial charge in [-0.15, -0.1) is 0 Å². The van der Waals surface area contributed by atoms with E-state index in [1.54, 1.807) is 12.4 Å². The van der Waals surface area contributed by atoms with Gasteiger partial charge in [0.2, 0.25) is 5.91 Å². The lowest BCUT2D eigenvalue weighted by Crippen LogP contribution is -2.48. The normalized spacial score (nSPS) is 27.5. The minimum absolute atomic E-state index is 0.00533. The summed E-state index contributed by atoms with van der Waals surface area (Å²) in [7, 11) is 0. The van der Waals surface area contributed by atoms with Crippen LogP contribution in [-0.2, 0) is 15.6 Å². The van der Waals surface area contributed by atoms with Gasteiger partial charge in [-0.3, -0.25) is 9.78 Å². The second-order valence-electron chi connectivity index (χ2n) is 8.46. The third kappa shape index (κ3) is 1.84. The van der Waals surface area contributed by atoms with Crippen molar-refractivity contribution in [3.8, 4) is 0 Å². The second kappa shape index (κ2) is 5.12. The SMILES string of the molecule is CC1(C)[C@@]2(C)CC[C@]1(C(=O)Nc1ccncc1)c1nc3ccccc3nc12. The molecule has 0 unspecified atom stereocenters. The molecule has 3 aromatic rings. The molecule has 1 aromatic carbocycles. The predicted molar refractivity (Wildman–Crippen MR) is 104 cm³/mol. The monoisotopic (exact) mass is 358 g/mol. The number of benzene rings is 1. The van der Waals surface area contributed by atoms with Gasteiger partial charge in [-0.1, -0.05) is 32.9 Å². The van der Waals surface area contributed by atoms with Crippen LogP contribution >= 0.6 is 0 Å². The molecule has 2 aliphatic rings. The summed E-state index contributed by atoms with van der Waals surface area (Å²) >= 11 is 0. The summed E-state index contributed by atoms with van der Waals surface area (Å²) in [4.78, 5) is 27.6. The van der Waals surface area contributed by atoms with E-state index in [9.17, 15) is 4.79 Å². The number of nitrogens with zero attached hydrogens (tertiary/aromatic N) is 3. The van der Waals surface area contributed by atoms with Crippen LogP contribution in [0.5, 0.6) is 0 Å². The number of anilines is 1. The van der Waals surface area contributed by atoms with Crippen molar-refractivity contribution in [3.05, 3.63) is 60.2 Å². The molecule has 1 amide bonds. The predicted octanol–water partition coefficient (Wildman–Crippen LogP) is 3.99. The summed E-state index contributed by atoms with van der Waals surface area (Å²) in [5.74, 6) is 0.00533. The molecule has 2 atom stereocenters. The van der Waals surface area contributed by atoms with E-state index in [-0.39, 0.29) is 16.7 Å². The van der Waals surface area contributed by atoms with Crippen molar-refractivity contribution in [2.75, 3.05) is 5.32 Å². The van der Waals surface area contributed by atoms with Crippen LogP contribution in [0.25, 0.3) is 11.0 Å². The van der Waals surface area contributed by atoms with E-state index in [1.807, 2.05) is 36.4 Å². The van der Waals surface area contributed by atoms with E-state index in [1.165, 1.54) is 0 Å². The van der Waals surface area contributed by atoms with Crippen LogP contribution in [0, 0.1) is 5.41 Å². The summed E-state index contributed by atoms with van der Waals surface area (Å²) in [6, 6.07) is 11.5. The summed E-state index contributed by atoms with van der Waals surface area (Å²) in [5, 5.41) is 3.12. The molecule has 2 heterocycles. The van der Waals surface area contributed by atoms with Gasteiger partial charge in [-0.25, -0.2) is 9.97 Å². The molecule has 136 valence electrons. The van der Waals surface area contributed by atoms with Crippen molar-refractivity contribution < 1.29 is 4.79 Å². The van der Waals surface area contributed by atoms with Crippen molar-refractivity contribution in [2.45, 2.75) is 44.4 Å². The molecule has 0 radical (unpaired) electrons. The Hall–Kier alpha value is -2.82. The Kier molecular flexibility index (Phi) is 3.10. The molecule has 5 rings (SSSR count). The first-order valence-electron chi connectivity index (χ1n) is 9.39. The van der Waals surface area contributed by atoms with Crippen molar-refractivity contribution in [1.82, 2.24) is 15.0 Å². The van der Waals surface area contributed by atoms with Crippen LogP contribution in [0.4, 0.5) is 5.69 Å². The molecule has 2 bridgehead atoms. The summed E-state index contributed by atoms with van der Waals surface area (Å²) < 4.78 is 0. The van der Waals surface area contributed by atoms with Gasteiger partial charge in [-0.2, -0.15) is 0 Å². The number of pyridine rings is 1. The van der Waals surface area contributed by atoms with Crippen LogP contribution < -0.4 is 5.32 Å². The number of fused-ring (bicyclic) bond motifs is 6. The lowest BCUT2D eigenvalue weighted by molar-refractivity contribution is -0.125. The molecule has 27 heavy (non-hydrogen) atoms. The van der Waals surface area contributed by atoms with E-state index >= 15 is 0 Å². The minimum atomic E-state index is -0.683.